The van der Waals surface area contributed by atoms with Gasteiger partial charge in [-0.05, 0) is 49.7 Å². The van der Waals surface area contributed by atoms with Gasteiger partial charge in [-0.3, -0.25) is 0 Å². The van der Waals surface area contributed by atoms with E-state index in [2.05, 4.69) is 48.7 Å². The molecule has 0 aromatic carbocycles. The predicted molar refractivity (Wildman–Crippen MR) is 112 cm³/mol. The molecule has 0 atom stereocenters. The molecule has 134 valence electrons. The summed E-state index contributed by atoms with van der Waals surface area (Å²) in [6.07, 6.45) is 16.9. The second-order valence-corrected chi connectivity index (χ2v) is 10.4. The van der Waals surface area contributed by atoms with Crippen LogP contribution in [0.4, 0.5) is 0 Å². The van der Waals surface area contributed by atoms with Gasteiger partial charge < -0.3 is 0 Å². The Balaban J connectivity index is 1.45. The fraction of sp³-hybridized carbons (Fsp3) is 0.727. The summed E-state index contributed by atoms with van der Waals surface area (Å²) in [6, 6.07) is 4.95. The summed E-state index contributed by atoms with van der Waals surface area (Å²) in [5.74, 6) is 2.05. The van der Waals surface area contributed by atoms with Crippen LogP contribution < -0.4 is 0 Å². The van der Waals surface area contributed by atoms with Crippen LogP contribution in [0.3, 0.4) is 0 Å². The first-order chi connectivity index (χ1) is 11.8. The number of rotatable bonds is 9. The summed E-state index contributed by atoms with van der Waals surface area (Å²) in [6.45, 7) is 4.62. The third kappa shape index (κ3) is 5.08. The van der Waals surface area contributed by atoms with Gasteiger partial charge in [0.25, 0.3) is 0 Å². The first-order valence-electron chi connectivity index (χ1n) is 10.3. The second kappa shape index (κ2) is 9.38. The van der Waals surface area contributed by atoms with E-state index < -0.39 is 0 Å². The molecule has 1 aliphatic carbocycles. The van der Waals surface area contributed by atoms with E-state index in [-0.39, 0.29) is 0 Å². The SMILES string of the molecule is CCCCCc1cc2cc(CCC3CCC(CCC)CC3)sc2s1. The van der Waals surface area contributed by atoms with Crippen LogP contribution in [0.15, 0.2) is 12.1 Å². The Bertz CT molecular complexity index is 567. The molecule has 3 rings (SSSR count). The van der Waals surface area contributed by atoms with Gasteiger partial charge >= 0.3 is 0 Å². The first kappa shape index (κ1) is 18.5. The molecule has 1 saturated carbocycles. The van der Waals surface area contributed by atoms with E-state index in [0.29, 0.717) is 0 Å². The number of aryl methyl sites for hydroxylation is 2. The maximum atomic E-state index is 2.49. The van der Waals surface area contributed by atoms with Crippen LogP contribution in [0, 0.1) is 11.8 Å². The standard InChI is InChI=1S/C22H34S2/c1-3-5-6-8-20-15-19-16-21(24-22(19)23-20)14-13-18-11-9-17(7-4-2)10-12-18/h15-18H,3-14H2,1-2H3. The number of thiophene rings is 2. The summed E-state index contributed by atoms with van der Waals surface area (Å²) < 4.78 is 1.57. The molecule has 0 unspecified atom stereocenters. The van der Waals surface area contributed by atoms with E-state index in [1.54, 1.807) is 13.8 Å². The molecule has 2 heterocycles. The number of hydrogen-bond donors (Lipinski definition) is 0. The molecule has 0 saturated heterocycles. The molecule has 0 N–H and O–H groups in total. The van der Waals surface area contributed by atoms with E-state index in [9.17, 15) is 0 Å². The van der Waals surface area contributed by atoms with Gasteiger partial charge in [0.1, 0.15) is 0 Å². The average Bonchev–Trinajstić information content (AvgIpc) is 3.13. The lowest BCUT2D eigenvalue weighted by atomic mass is 9.78. The second-order valence-electron chi connectivity index (χ2n) is 7.84. The summed E-state index contributed by atoms with van der Waals surface area (Å²) in [7, 11) is 0. The zero-order valence-corrected chi connectivity index (χ0v) is 17.2. The molecule has 0 aliphatic heterocycles. The lowest BCUT2D eigenvalue weighted by molar-refractivity contribution is 0.252. The van der Waals surface area contributed by atoms with Gasteiger partial charge in [0.15, 0.2) is 0 Å². The summed E-state index contributed by atoms with van der Waals surface area (Å²) >= 11 is 4.13. The molecular weight excluding hydrogens is 328 g/mol. The van der Waals surface area contributed by atoms with Gasteiger partial charge in [-0.15, -0.1) is 22.7 Å². The minimum atomic E-state index is 1.00. The highest BCUT2D eigenvalue weighted by atomic mass is 32.2. The zero-order chi connectivity index (χ0) is 16.8. The van der Waals surface area contributed by atoms with Crippen molar-refractivity contribution in [3.8, 4) is 0 Å². The third-order valence-electron chi connectivity index (χ3n) is 5.81. The van der Waals surface area contributed by atoms with E-state index >= 15 is 0 Å². The van der Waals surface area contributed by atoms with Crippen molar-refractivity contribution in [2.24, 2.45) is 11.8 Å². The Morgan fingerprint density at radius 3 is 2.00 bits per heavy atom. The number of fused-ring (bicyclic) bond motifs is 1. The monoisotopic (exact) mass is 362 g/mol. The Morgan fingerprint density at radius 1 is 0.792 bits per heavy atom. The van der Waals surface area contributed by atoms with E-state index in [4.69, 9.17) is 0 Å². The molecule has 2 aromatic rings. The van der Waals surface area contributed by atoms with Crippen LogP contribution in [0.25, 0.3) is 9.40 Å². The van der Waals surface area contributed by atoms with E-state index in [0.717, 1.165) is 11.8 Å². The van der Waals surface area contributed by atoms with Gasteiger partial charge in [0.2, 0.25) is 0 Å². The van der Waals surface area contributed by atoms with Crippen LogP contribution in [0.1, 0.15) is 87.8 Å². The van der Waals surface area contributed by atoms with Crippen molar-refractivity contribution in [1.82, 2.24) is 0 Å². The molecule has 0 nitrogen and oxygen atoms in total. The molecule has 24 heavy (non-hydrogen) atoms. The molecule has 0 spiro atoms. The van der Waals surface area contributed by atoms with Crippen molar-refractivity contribution in [3.05, 3.63) is 21.9 Å². The molecule has 2 heteroatoms. The van der Waals surface area contributed by atoms with E-state index in [1.165, 1.54) is 82.4 Å². The van der Waals surface area contributed by atoms with Crippen molar-refractivity contribution in [3.63, 3.8) is 0 Å². The minimum Gasteiger partial charge on any atom is -0.129 e. The highest BCUT2D eigenvalue weighted by molar-refractivity contribution is 7.38. The smallest absolute Gasteiger partial charge is 0.0870 e. The molecule has 2 aromatic heterocycles. The third-order valence-corrected chi connectivity index (χ3v) is 8.32. The highest BCUT2D eigenvalue weighted by Crippen LogP contribution is 2.37. The van der Waals surface area contributed by atoms with Crippen LogP contribution in [-0.2, 0) is 12.8 Å². The lowest BCUT2D eigenvalue weighted by Crippen LogP contribution is -2.14. The predicted octanol–water partition coefficient (Wildman–Crippen LogP) is 8.23. The quantitative estimate of drug-likeness (QED) is 0.394. The first-order valence-corrected chi connectivity index (χ1v) is 11.9. The molecule has 1 fully saturated rings. The Labute approximate surface area is 156 Å². The molecule has 1 aliphatic rings. The zero-order valence-electron chi connectivity index (χ0n) is 15.6. The molecule has 0 radical (unpaired) electrons. The molecule has 0 amide bonds. The molecular formula is C22H34S2. The Kier molecular flexibility index (Phi) is 7.21. The van der Waals surface area contributed by atoms with Gasteiger partial charge in [-0.2, -0.15) is 0 Å². The van der Waals surface area contributed by atoms with Crippen molar-refractivity contribution in [1.29, 1.82) is 0 Å². The van der Waals surface area contributed by atoms with Crippen molar-refractivity contribution in [2.45, 2.75) is 90.9 Å². The van der Waals surface area contributed by atoms with Gasteiger partial charge in [-0.1, -0.05) is 65.2 Å². The van der Waals surface area contributed by atoms with Crippen molar-refractivity contribution >= 4 is 32.1 Å². The van der Waals surface area contributed by atoms with Crippen LogP contribution in [-0.4, -0.2) is 0 Å². The van der Waals surface area contributed by atoms with Crippen LogP contribution in [0.5, 0.6) is 0 Å². The Hall–Kier alpha value is -0.340. The van der Waals surface area contributed by atoms with Crippen molar-refractivity contribution < 1.29 is 0 Å². The van der Waals surface area contributed by atoms with Crippen LogP contribution >= 0.6 is 22.7 Å². The Morgan fingerprint density at radius 2 is 1.42 bits per heavy atom. The fourth-order valence-corrected chi connectivity index (χ4v) is 6.90. The topological polar surface area (TPSA) is 0 Å². The molecule has 0 bridgehead atoms. The fourth-order valence-electron chi connectivity index (χ4n) is 4.30. The highest BCUT2D eigenvalue weighted by Gasteiger charge is 2.20. The summed E-state index contributed by atoms with van der Waals surface area (Å²) in [5.41, 5.74) is 0. The van der Waals surface area contributed by atoms with Gasteiger partial charge in [0, 0.05) is 15.1 Å². The maximum Gasteiger partial charge on any atom is 0.0870 e. The largest absolute Gasteiger partial charge is 0.129 e. The summed E-state index contributed by atoms with van der Waals surface area (Å²) in [5, 5.41) is 1.53. The summed E-state index contributed by atoms with van der Waals surface area (Å²) in [4.78, 5) is 3.23. The van der Waals surface area contributed by atoms with E-state index in [1.807, 2.05) is 0 Å². The average molecular weight is 363 g/mol. The van der Waals surface area contributed by atoms with Crippen LogP contribution in [0.2, 0.25) is 0 Å². The normalized spacial score (nSPS) is 21.6. The minimum absolute atomic E-state index is 1.00. The number of unbranched alkanes of at least 4 members (excludes halogenated alkanes) is 2. The van der Waals surface area contributed by atoms with Gasteiger partial charge in [0.05, 0.1) is 4.01 Å². The lowest BCUT2D eigenvalue weighted by Gasteiger charge is -2.28. The van der Waals surface area contributed by atoms with Gasteiger partial charge in [-0.25, -0.2) is 0 Å². The number of hydrogen-bond acceptors (Lipinski definition) is 2. The maximum absolute atomic E-state index is 2.49. The van der Waals surface area contributed by atoms with Crippen molar-refractivity contribution in [2.75, 3.05) is 0 Å².